The van der Waals surface area contributed by atoms with E-state index in [9.17, 15) is 4.79 Å². The van der Waals surface area contributed by atoms with Gasteiger partial charge in [-0.1, -0.05) is 35.9 Å². The first-order valence-electron chi connectivity index (χ1n) is 9.75. The number of halogens is 1. The Hall–Kier alpha value is -2.79. The van der Waals surface area contributed by atoms with Gasteiger partial charge in [-0.2, -0.15) is 0 Å². The summed E-state index contributed by atoms with van der Waals surface area (Å²) in [6.07, 6.45) is 4.28. The molecule has 0 saturated carbocycles. The Morgan fingerprint density at radius 2 is 2.14 bits per heavy atom. The van der Waals surface area contributed by atoms with Crippen LogP contribution in [-0.2, 0) is 6.42 Å². The number of carbonyl (C=O) groups excluding carboxylic acids is 1. The summed E-state index contributed by atoms with van der Waals surface area (Å²) in [5.74, 6) is 2.17. The van der Waals surface area contributed by atoms with Crippen LogP contribution < -0.4 is 4.74 Å². The van der Waals surface area contributed by atoms with Crippen molar-refractivity contribution in [2.24, 2.45) is 0 Å². The molecule has 0 bridgehead atoms. The van der Waals surface area contributed by atoms with Gasteiger partial charge >= 0.3 is 0 Å². The van der Waals surface area contributed by atoms with E-state index in [4.69, 9.17) is 20.8 Å². The van der Waals surface area contributed by atoms with Gasteiger partial charge in [-0.25, -0.2) is 4.98 Å². The summed E-state index contributed by atoms with van der Waals surface area (Å²) in [7, 11) is 1.58. The number of hydrogen-bond donors (Lipinski definition) is 0. The van der Waals surface area contributed by atoms with Gasteiger partial charge in [0.1, 0.15) is 11.5 Å². The van der Waals surface area contributed by atoms with E-state index in [0.717, 1.165) is 30.7 Å². The van der Waals surface area contributed by atoms with Gasteiger partial charge in [-0.05, 0) is 42.7 Å². The first-order chi connectivity index (χ1) is 14.1. The zero-order chi connectivity index (χ0) is 20.2. The minimum absolute atomic E-state index is 0.0159. The molecule has 1 saturated heterocycles. The highest BCUT2D eigenvalue weighted by Gasteiger charge is 2.29. The zero-order valence-electron chi connectivity index (χ0n) is 16.3. The molecule has 1 atom stereocenters. The lowest BCUT2D eigenvalue weighted by Crippen LogP contribution is -2.39. The number of methoxy groups -OCH3 is 1. The van der Waals surface area contributed by atoms with Crippen LogP contribution in [-0.4, -0.2) is 36.0 Å². The number of benzene rings is 2. The summed E-state index contributed by atoms with van der Waals surface area (Å²) in [6.45, 7) is 1.32. The van der Waals surface area contributed by atoms with E-state index in [1.807, 2.05) is 47.4 Å². The van der Waals surface area contributed by atoms with Crippen LogP contribution in [0, 0.1) is 0 Å². The van der Waals surface area contributed by atoms with Crippen molar-refractivity contribution >= 4 is 17.5 Å². The molecule has 1 unspecified atom stereocenters. The second-order valence-electron chi connectivity index (χ2n) is 7.26. The maximum absolute atomic E-state index is 13.0. The summed E-state index contributed by atoms with van der Waals surface area (Å²) < 4.78 is 11.4. The molecule has 3 aromatic rings. The summed E-state index contributed by atoms with van der Waals surface area (Å²) in [6, 6.07) is 15.1. The predicted octanol–water partition coefficient (Wildman–Crippen LogP) is 4.95. The molecule has 6 heteroatoms. The van der Waals surface area contributed by atoms with Crippen LogP contribution in [0.25, 0.3) is 0 Å². The van der Waals surface area contributed by atoms with Crippen molar-refractivity contribution in [1.82, 2.24) is 9.88 Å². The third kappa shape index (κ3) is 4.46. The van der Waals surface area contributed by atoms with Gasteiger partial charge in [0.2, 0.25) is 0 Å². The van der Waals surface area contributed by atoms with Crippen LogP contribution in [0.1, 0.15) is 46.3 Å². The normalized spacial score (nSPS) is 16.6. The summed E-state index contributed by atoms with van der Waals surface area (Å²) in [4.78, 5) is 19.4. The number of oxazole rings is 1. The van der Waals surface area contributed by atoms with E-state index >= 15 is 0 Å². The highest BCUT2D eigenvalue weighted by molar-refractivity contribution is 6.30. The highest BCUT2D eigenvalue weighted by atomic mass is 35.5. The van der Waals surface area contributed by atoms with E-state index in [1.54, 1.807) is 19.4 Å². The zero-order valence-corrected chi connectivity index (χ0v) is 17.1. The standard InChI is InChI=1S/C23H23ClN2O3/c1-28-21-10-3-2-9-20(21)23(27)26-11-5-7-17(15-26)22-25-14-19(29-22)13-16-6-4-8-18(24)12-16/h2-4,6,8-10,12,14,17H,5,7,11,13,15H2,1H3. The van der Waals surface area contributed by atoms with Crippen LogP contribution in [0.2, 0.25) is 5.02 Å². The Labute approximate surface area is 175 Å². The van der Waals surface area contributed by atoms with Crippen molar-refractivity contribution in [2.75, 3.05) is 20.2 Å². The van der Waals surface area contributed by atoms with Gasteiger partial charge in [0.15, 0.2) is 5.89 Å². The minimum Gasteiger partial charge on any atom is -0.496 e. The maximum atomic E-state index is 13.0. The second kappa shape index (κ2) is 8.70. The SMILES string of the molecule is COc1ccccc1C(=O)N1CCCC(c2ncc(Cc3cccc(Cl)c3)o2)C1. The van der Waals surface area contributed by atoms with Crippen molar-refractivity contribution in [2.45, 2.75) is 25.2 Å². The van der Waals surface area contributed by atoms with E-state index in [2.05, 4.69) is 4.98 Å². The van der Waals surface area contributed by atoms with Gasteiger partial charge in [0.25, 0.3) is 5.91 Å². The van der Waals surface area contributed by atoms with Gasteiger partial charge in [0, 0.05) is 24.5 Å². The number of ether oxygens (including phenoxy) is 1. The lowest BCUT2D eigenvalue weighted by atomic mass is 9.97. The molecule has 1 fully saturated rings. The molecule has 0 aliphatic carbocycles. The quantitative estimate of drug-likeness (QED) is 0.597. The molecule has 1 aliphatic rings. The summed E-state index contributed by atoms with van der Waals surface area (Å²) >= 11 is 6.06. The molecule has 2 aromatic carbocycles. The largest absolute Gasteiger partial charge is 0.496 e. The van der Waals surface area contributed by atoms with Crippen molar-refractivity contribution in [3.8, 4) is 5.75 Å². The number of aromatic nitrogens is 1. The first-order valence-corrected chi connectivity index (χ1v) is 10.1. The average Bonchev–Trinajstić information content (AvgIpc) is 3.22. The smallest absolute Gasteiger partial charge is 0.257 e. The van der Waals surface area contributed by atoms with E-state index in [1.165, 1.54) is 0 Å². The van der Waals surface area contributed by atoms with Crippen LogP contribution in [0.4, 0.5) is 0 Å². The number of hydrogen-bond acceptors (Lipinski definition) is 4. The number of likely N-dealkylation sites (tertiary alicyclic amines) is 1. The Balaban J connectivity index is 1.46. The second-order valence-corrected chi connectivity index (χ2v) is 7.70. The van der Waals surface area contributed by atoms with Gasteiger partial charge in [-0.3, -0.25) is 4.79 Å². The van der Waals surface area contributed by atoms with Gasteiger partial charge < -0.3 is 14.1 Å². The predicted molar refractivity (Wildman–Crippen MR) is 112 cm³/mol. The van der Waals surface area contributed by atoms with Crippen molar-refractivity contribution < 1.29 is 13.9 Å². The number of rotatable bonds is 5. The Kier molecular flexibility index (Phi) is 5.86. The molecule has 0 radical (unpaired) electrons. The number of carbonyl (C=O) groups is 1. The molecule has 150 valence electrons. The molecule has 0 N–H and O–H groups in total. The molecule has 4 rings (SSSR count). The fraction of sp³-hybridized carbons (Fsp3) is 0.304. The summed E-state index contributed by atoms with van der Waals surface area (Å²) in [5.41, 5.74) is 1.67. The molecule has 5 nitrogen and oxygen atoms in total. The van der Waals surface area contributed by atoms with E-state index < -0.39 is 0 Å². The lowest BCUT2D eigenvalue weighted by molar-refractivity contribution is 0.0694. The fourth-order valence-electron chi connectivity index (χ4n) is 3.80. The number of amides is 1. The van der Waals surface area contributed by atoms with Gasteiger partial charge in [-0.15, -0.1) is 0 Å². The van der Waals surface area contributed by atoms with Crippen LogP contribution in [0.3, 0.4) is 0 Å². The lowest BCUT2D eigenvalue weighted by Gasteiger charge is -2.31. The fourth-order valence-corrected chi connectivity index (χ4v) is 4.01. The number of para-hydroxylation sites is 1. The van der Waals surface area contributed by atoms with E-state index in [-0.39, 0.29) is 11.8 Å². The number of piperidine rings is 1. The molecule has 1 amide bonds. The third-order valence-corrected chi connectivity index (χ3v) is 5.47. The number of nitrogens with zero attached hydrogens (tertiary/aromatic N) is 2. The topological polar surface area (TPSA) is 55.6 Å². The first kappa shape index (κ1) is 19.5. The summed E-state index contributed by atoms with van der Waals surface area (Å²) in [5, 5.41) is 0.708. The Morgan fingerprint density at radius 1 is 1.28 bits per heavy atom. The molecular formula is C23H23ClN2O3. The molecule has 2 heterocycles. The average molecular weight is 411 g/mol. The highest BCUT2D eigenvalue weighted by Crippen LogP contribution is 2.29. The Bertz CT molecular complexity index is 1000. The van der Waals surface area contributed by atoms with Crippen molar-refractivity contribution in [1.29, 1.82) is 0 Å². The Morgan fingerprint density at radius 3 is 2.97 bits per heavy atom. The monoisotopic (exact) mass is 410 g/mol. The minimum atomic E-state index is -0.0159. The molecule has 29 heavy (non-hydrogen) atoms. The molecule has 1 aliphatic heterocycles. The molecule has 0 spiro atoms. The van der Waals surface area contributed by atoms with Crippen LogP contribution >= 0.6 is 11.6 Å². The van der Waals surface area contributed by atoms with Crippen molar-refractivity contribution in [3.63, 3.8) is 0 Å². The van der Waals surface area contributed by atoms with Crippen LogP contribution in [0.15, 0.2) is 59.1 Å². The van der Waals surface area contributed by atoms with E-state index in [0.29, 0.717) is 35.2 Å². The van der Waals surface area contributed by atoms with Crippen LogP contribution in [0.5, 0.6) is 5.75 Å². The maximum Gasteiger partial charge on any atom is 0.257 e. The van der Waals surface area contributed by atoms with Crippen molar-refractivity contribution in [3.05, 3.63) is 82.5 Å². The molecular weight excluding hydrogens is 388 g/mol. The van der Waals surface area contributed by atoms with Gasteiger partial charge in [0.05, 0.1) is 24.8 Å². The third-order valence-electron chi connectivity index (χ3n) is 5.23. The molecule has 1 aromatic heterocycles.